The van der Waals surface area contributed by atoms with Crippen LogP contribution in [0.15, 0.2) is 24.3 Å². The molecule has 0 saturated heterocycles. The minimum absolute atomic E-state index is 0.222. The fourth-order valence-electron chi connectivity index (χ4n) is 1.77. The van der Waals surface area contributed by atoms with Crippen LogP contribution >= 0.6 is 0 Å². The molecule has 0 amide bonds. The summed E-state index contributed by atoms with van der Waals surface area (Å²) in [6, 6.07) is 8.50. The molecule has 0 aliphatic carbocycles. The van der Waals surface area contributed by atoms with Gasteiger partial charge in [0.15, 0.2) is 0 Å². The quantitative estimate of drug-likeness (QED) is 0.633. The Kier molecular flexibility index (Phi) is 5.54. The zero-order chi connectivity index (χ0) is 12.7. The van der Waals surface area contributed by atoms with Gasteiger partial charge >= 0.3 is 0 Å². The summed E-state index contributed by atoms with van der Waals surface area (Å²) in [5, 5.41) is 0. The second-order valence-electron chi connectivity index (χ2n) is 5.68. The van der Waals surface area contributed by atoms with Crippen molar-refractivity contribution in [3.63, 3.8) is 0 Å². The third-order valence-electron chi connectivity index (χ3n) is 2.99. The van der Waals surface area contributed by atoms with Gasteiger partial charge in [0.05, 0.1) is 6.61 Å². The molecule has 0 heterocycles. The molecule has 1 heteroatoms. The van der Waals surface area contributed by atoms with Crippen molar-refractivity contribution in [2.75, 3.05) is 6.61 Å². The number of rotatable bonds is 6. The van der Waals surface area contributed by atoms with Crippen LogP contribution in [-0.2, 0) is 5.41 Å². The van der Waals surface area contributed by atoms with E-state index in [9.17, 15) is 0 Å². The van der Waals surface area contributed by atoms with E-state index in [1.165, 1.54) is 24.8 Å². The summed E-state index contributed by atoms with van der Waals surface area (Å²) in [6.07, 6.45) is 5.03. The summed E-state index contributed by atoms with van der Waals surface area (Å²) < 4.78 is 5.72. The van der Waals surface area contributed by atoms with Crippen molar-refractivity contribution < 1.29 is 4.74 Å². The molecule has 0 bridgehead atoms. The molecule has 1 rings (SSSR count). The van der Waals surface area contributed by atoms with E-state index in [0.717, 1.165) is 18.8 Å². The van der Waals surface area contributed by atoms with E-state index in [1.54, 1.807) is 0 Å². The summed E-state index contributed by atoms with van der Waals surface area (Å²) in [5.41, 5.74) is 1.58. The van der Waals surface area contributed by atoms with Gasteiger partial charge in [0.25, 0.3) is 0 Å². The topological polar surface area (TPSA) is 9.23 Å². The fourth-order valence-corrected chi connectivity index (χ4v) is 1.77. The second kappa shape index (κ2) is 6.68. The van der Waals surface area contributed by atoms with E-state index in [1.807, 2.05) is 0 Å². The molecule has 17 heavy (non-hydrogen) atoms. The molecule has 0 aromatic heterocycles. The fraction of sp³-hybridized carbons (Fsp3) is 0.625. The van der Waals surface area contributed by atoms with Crippen molar-refractivity contribution in [3.05, 3.63) is 29.8 Å². The number of ether oxygens (including phenoxy) is 1. The molecule has 1 nitrogen and oxygen atoms in total. The van der Waals surface area contributed by atoms with Gasteiger partial charge in [0.2, 0.25) is 0 Å². The lowest BCUT2D eigenvalue weighted by Gasteiger charge is -2.19. The minimum Gasteiger partial charge on any atom is -0.494 e. The van der Waals surface area contributed by atoms with E-state index in [2.05, 4.69) is 52.0 Å². The van der Waals surface area contributed by atoms with Crippen LogP contribution in [0.1, 0.15) is 58.9 Å². The van der Waals surface area contributed by atoms with Crippen molar-refractivity contribution in [1.82, 2.24) is 0 Å². The molecule has 0 aliphatic rings. The van der Waals surface area contributed by atoms with Crippen LogP contribution in [0.5, 0.6) is 5.75 Å². The molecule has 0 saturated carbocycles. The van der Waals surface area contributed by atoms with Gasteiger partial charge in [-0.3, -0.25) is 0 Å². The van der Waals surface area contributed by atoms with Gasteiger partial charge in [-0.25, -0.2) is 0 Å². The van der Waals surface area contributed by atoms with Crippen LogP contribution in [-0.4, -0.2) is 6.61 Å². The smallest absolute Gasteiger partial charge is 0.119 e. The average Bonchev–Trinajstić information content (AvgIpc) is 2.28. The van der Waals surface area contributed by atoms with E-state index in [-0.39, 0.29) is 5.41 Å². The number of hydrogen-bond acceptors (Lipinski definition) is 1. The first kappa shape index (κ1) is 14.1. The van der Waals surface area contributed by atoms with E-state index < -0.39 is 0 Å². The van der Waals surface area contributed by atoms with Gasteiger partial charge in [0, 0.05) is 0 Å². The zero-order valence-electron chi connectivity index (χ0n) is 11.8. The van der Waals surface area contributed by atoms with E-state index in [4.69, 9.17) is 4.74 Å². The van der Waals surface area contributed by atoms with Crippen molar-refractivity contribution in [2.45, 2.75) is 58.8 Å². The molecule has 0 N–H and O–H groups in total. The predicted molar refractivity (Wildman–Crippen MR) is 74.8 cm³/mol. The maximum absolute atomic E-state index is 5.72. The number of hydrogen-bond donors (Lipinski definition) is 0. The van der Waals surface area contributed by atoms with E-state index in [0.29, 0.717) is 0 Å². The molecule has 96 valence electrons. The Morgan fingerprint density at radius 3 is 2.12 bits per heavy atom. The normalized spacial score (nSPS) is 11.5. The maximum Gasteiger partial charge on any atom is 0.119 e. The third-order valence-corrected chi connectivity index (χ3v) is 2.99. The minimum atomic E-state index is 0.222. The lowest BCUT2D eigenvalue weighted by molar-refractivity contribution is 0.305. The average molecular weight is 234 g/mol. The summed E-state index contributed by atoms with van der Waals surface area (Å²) in [5.74, 6) is 0.995. The molecule has 1 aromatic carbocycles. The summed E-state index contributed by atoms with van der Waals surface area (Å²) in [6.45, 7) is 9.76. The first-order chi connectivity index (χ1) is 8.04. The van der Waals surface area contributed by atoms with Gasteiger partial charge in [-0.15, -0.1) is 0 Å². The molecular weight excluding hydrogens is 208 g/mol. The molecule has 0 unspecified atom stereocenters. The van der Waals surface area contributed by atoms with Crippen LogP contribution in [0, 0.1) is 0 Å². The second-order valence-corrected chi connectivity index (χ2v) is 5.68. The molecule has 0 radical (unpaired) electrons. The van der Waals surface area contributed by atoms with Crippen molar-refractivity contribution in [2.24, 2.45) is 0 Å². The number of unbranched alkanes of at least 4 members (excludes halogenated alkanes) is 3. The van der Waals surface area contributed by atoms with Crippen LogP contribution in [0.4, 0.5) is 0 Å². The molecule has 0 spiro atoms. The van der Waals surface area contributed by atoms with Crippen LogP contribution in [0.3, 0.4) is 0 Å². The first-order valence-electron chi connectivity index (χ1n) is 6.77. The first-order valence-corrected chi connectivity index (χ1v) is 6.77. The zero-order valence-corrected chi connectivity index (χ0v) is 11.8. The lowest BCUT2D eigenvalue weighted by Crippen LogP contribution is -2.10. The molecule has 1 aromatic rings. The lowest BCUT2D eigenvalue weighted by atomic mass is 9.87. The Bertz CT molecular complexity index is 305. The Labute approximate surface area is 106 Å². The predicted octanol–water partition coefficient (Wildman–Crippen LogP) is 4.94. The van der Waals surface area contributed by atoms with Crippen molar-refractivity contribution in [3.8, 4) is 5.75 Å². The molecule has 0 fully saturated rings. The summed E-state index contributed by atoms with van der Waals surface area (Å²) in [7, 11) is 0. The summed E-state index contributed by atoms with van der Waals surface area (Å²) in [4.78, 5) is 0. The maximum atomic E-state index is 5.72. The monoisotopic (exact) mass is 234 g/mol. The van der Waals surface area contributed by atoms with Crippen molar-refractivity contribution >= 4 is 0 Å². The SMILES string of the molecule is CCCCCCOc1ccc(C(C)(C)C)cc1. The van der Waals surface area contributed by atoms with Gasteiger partial charge in [0.1, 0.15) is 5.75 Å². The van der Waals surface area contributed by atoms with Gasteiger partial charge in [-0.2, -0.15) is 0 Å². The van der Waals surface area contributed by atoms with Crippen LogP contribution in [0.25, 0.3) is 0 Å². The Hall–Kier alpha value is -0.980. The molecule has 0 atom stereocenters. The highest BCUT2D eigenvalue weighted by atomic mass is 16.5. The van der Waals surface area contributed by atoms with Gasteiger partial charge in [-0.05, 0) is 29.5 Å². The van der Waals surface area contributed by atoms with Gasteiger partial charge in [-0.1, -0.05) is 59.1 Å². The Morgan fingerprint density at radius 1 is 0.941 bits per heavy atom. The Morgan fingerprint density at radius 2 is 1.59 bits per heavy atom. The molecular formula is C16H26O. The third kappa shape index (κ3) is 5.25. The highest BCUT2D eigenvalue weighted by molar-refractivity contribution is 5.31. The van der Waals surface area contributed by atoms with Crippen molar-refractivity contribution in [1.29, 1.82) is 0 Å². The Balaban J connectivity index is 2.36. The van der Waals surface area contributed by atoms with Gasteiger partial charge < -0.3 is 4.74 Å². The molecule has 0 aliphatic heterocycles. The summed E-state index contributed by atoms with van der Waals surface area (Å²) >= 11 is 0. The number of benzene rings is 1. The van der Waals surface area contributed by atoms with Crippen LogP contribution in [0.2, 0.25) is 0 Å². The highest BCUT2D eigenvalue weighted by Gasteiger charge is 2.12. The highest BCUT2D eigenvalue weighted by Crippen LogP contribution is 2.24. The largest absolute Gasteiger partial charge is 0.494 e. The van der Waals surface area contributed by atoms with E-state index >= 15 is 0 Å². The van der Waals surface area contributed by atoms with Crippen LogP contribution < -0.4 is 4.74 Å². The standard InChI is InChI=1S/C16H26O/c1-5-6-7-8-13-17-15-11-9-14(10-12-15)16(2,3)4/h9-12H,5-8,13H2,1-4H3.